The zero-order chi connectivity index (χ0) is 33.6. The normalized spacial score (nSPS) is 17.2. The quantitative estimate of drug-likeness (QED) is 0.116. The first-order chi connectivity index (χ1) is 19.7. The van der Waals surface area contributed by atoms with Gasteiger partial charge in [-0.15, -0.1) is 6.58 Å². The van der Waals surface area contributed by atoms with Crippen molar-refractivity contribution in [3.8, 4) is 0 Å². The molecule has 0 aromatic heterocycles. The fraction of sp³-hybridized carbons (Fsp3) is 0.952. The molecule has 0 rings (SSSR count). The summed E-state index contributed by atoms with van der Waals surface area (Å²) in [5.41, 5.74) is 1.12. The van der Waals surface area contributed by atoms with Crippen molar-refractivity contribution < 1.29 is 0 Å². The Bertz CT molecular complexity index is 500. The summed E-state index contributed by atoms with van der Waals surface area (Å²) in [5.74, 6) is 4.65. The summed E-state index contributed by atoms with van der Waals surface area (Å²) >= 11 is 0. The fourth-order valence-corrected chi connectivity index (χ4v) is 7.25. The second-order valence-corrected chi connectivity index (χ2v) is 15.4. The maximum Gasteiger partial charge on any atom is -0.0318 e. The molecule has 0 heteroatoms. The summed E-state index contributed by atoms with van der Waals surface area (Å²) in [7, 11) is 0. The van der Waals surface area contributed by atoms with Gasteiger partial charge in [0.2, 0.25) is 0 Å². The lowest BCUT2D eigenvalue weighted by Gasteiger charge is -2.41. The van der Waals surface area contributed by atoms with Crippen LogP contribution in [-0.2, 0) is 0 Å². The van der Waals surface area contributed by atoms with Gasteiger partial charge in [-0.1, -0.05) is 181 Å². The van der Waals surface area contributed by atoms with Crippen LogP contribution >= 0.6 is 0 Å². The van der Waals surface area contributed by atoms with Crippen LogP contribution in [0.1, 0.15) is 220 Å². The molecule has 42 heavy (non-hydrogen) atoms. The molecule has 0 spiro atoms. The van der Waals surface area contributed by atoms with Gasteiger partial charge in [-0.3, -0.25) is 0 Å². The molecule has 0 saturated carbocycles. The van der Waals surface area contributed by atoms with Crippen LogP contribution in [0.15, 0.2) is 12.7 Å². The highest BCUT2D eigenvalue weighted by molar-refractivity contribution is 4.85. The molecule has 0 radical (unpaired) electrons. The number of hydrogen-bond acceptors (Lipinski definition) is 0. The Labute approximate surface area is 272 Å². The first-order valence-electron chi connectivity index (χ1n) is 19.2. The van der Waals surface area contributed by atoms with Crippen molar-refractivity contribution in [1.29, 1.82) is 0 Å². The number of allylic oxidation sites excluding steroid dienone is 1. The highest BCUT2D eigenvalue weighted by atomic mass is 14.4. The second kappa shape index (κ2) is 32.1. The average Bonchev–Trinajstić information content (AvgIpc) is 2.90. The van der Waals surface area contributed by atoms with Crippen LogP contribution in [0.2, 0.25) is 0 Å². The molecule has 0 aliphatic carbocycles. The monoisotopic (exact) mass is 595 g/mol. The predicted molar refractivity (Wildman–Crippen MR) is 202 cm³/mol. The van der Waals surface area contributed by atoms with Gasteiger partial charge in [-0.25, -0.2) is 0 Å². The zero-order valence-electron chi connectivity index (χ0n) is 33.2. The molecular formula is C42H90. The smallest absolute Gasteiger partial charge is 0.0318 e. The van der Waals surface area contributed by atoms with Crippen LogP contribution in [0.3, 0.4) is 0 Å². The van der Waals surface area contributed by atoms with Crippen LogP contribution in [0.25, 0.3) is 0 Å². The van der Waals surface area contributed by atoms with Crippen LogP contribution in [0.5, 0.6) is 0 Å². The van der Waals surface area contributed by atoms with Gasteiger partial charge in [0.15, 0.2) is 0 Å². The van der Waals surface area contributed by atoms with Crippen molar-refractivity contribution in [2.24, 2.45) is 40.4 Å². The van der Waals surface area contributed by atoms with Crippen LogP contribution in [-0.4, -0.2) is 0 Å². The first-order valence-corrected chi connectivity index (χ1v) is 19.2. The summed E-state index contributed by atoms with van der Waals surface area (Å²) in [5, 5.41) is 0. The third kappa shape index (κ3) is 32.6. The van der Waals surface area contributed by atoms with Crippen molar-refractivity contribution in [3.05, 3.63) is 12.7 Å². The molecule has 0 aromatic rings. The maximum absolute atomic E-state index is 3.36. The van der Waals surface area contributed by atoms with Crippen molar-refractivity contribution in [2.45, 2.75) is 220 Å². The van der Waals surface area contributed by atoms with E-state index in [0.717, 1.165) is 29.6 Å². The van der Waals surface area contributed by atoms with Crippen molar-refractivity contribution >= 4 is 0 Å². The van der Waals surface area contributed by atoms with E-state index in [0.29, 0.717) is 10.8 Å². The van der Waals surface area contributed by atoms with Crippen LogP contribution in [0, 0.1) is 40.4 Å². The lowest BCUT2D eigenvalue weighted by atomic mass is 9.64. The second-order valence-electron chi connectivity index (χ2n) is 15.4. The Morgan fingerprint density at radius 3 is 1.14 bits per heavy atom. The zero-order valence-corrected chi connectivity index (χ0v) is 33.2. The van der Waals surface area contributed by atoms with E-state index in [1.54, 1.807) is 6.08 Å². The van der Waals surface area contributed by atoms with Crippen molar-refractivity contribution in [1.82, 2.24) is 0 Å². The van der Waals surface area contributed by atoms with E-state index in [9.17, 15) is 0 Å². The summed E-state index contributed by atoms with van der Waals surface area (Å²) in [6, 6.07) is 0. The molecule has 0 N–H and O–H groups in total. The van der Waals surface area contributed by atoms with Crippen molar-refractivity contribution in [2.75, 3.05) is 0 Å². The Morgan fingerprint density at radius 1 is 0.524 bits per heavy atom. The third-order valence-corrected chi connectivity index (χ3v) is 9.60. The minimum absolute atomic E-state index is 0.559. The molecule has 258 valence electrons. The van der Waals surface area contributed by atoms with Gasteiger partial charge >= 0.3 is 0 Å². The standard InChI is InChI=1S/C19H40.2C10H22.C3H6/c1-8-12-17(5)15-19(7,14-10-3)16-18(6,11-4)13-9-2;2*1-5-7-10(4)8-9(3)6-2;1-3-2/h17H,8-16H2,1-7H3;2*9-10H,5-8H2,1-4H3;3H,1H2,2H3/t;9-,10+;;/m.1../s1. The molecular weight excluding hydrogens is 504 g/mol. The van der Waals surface area contributed by atoms with Gasteiger partial charge in [0.1, 0.15) is 0 Å². The highest BCUT2D eigenvalue weighted by Crippen LogP contribution is 2.46. The fourth-order valence-electron chi connectivity index (χ4n) is 7.25. The topological polar surface area (TPSA) is 0 Å². The molecule has 0 amide bonds. The Balaban J connectivity index is -0.000000265. The van der Waals surface area contributed by atoms with Crippen molar-refractivity contribution in [3.63, 3.8) is 0 Å². The van der Waals surface area contributed by atoms with E-state index in [2.05, 4.69) is 110 Å². The molecule has 7 atom stereocenters. The van der Waals surface area contributed by atoms with E-state index in [1.165, 1.54) is 109 Å². The van der Waals surface area contributed by atoms with Gasteiger partial charge in [0, 0.05) is 0 Å². The van der Waals surface area contributed by atoms with E-state index in [1.807, 2.05) is 6.92 Å². The van der Waals surface area contributed by atoms with E-state index in [-0.39, 0.29) is 0 Å². The van der Waals surface area contributed by atoms with Gasteiger partial charge in [0.05, 0.1) is 0 Å². The summed E-state index contributed by atoms with van der Waals surface area (Å²) in [6.45, 7) is 40.7. The van der Waals surface area contributed by atoms with Crippen LogP contribution < -0.4 is 0 Å². The molecule has 0 nitrogen and oxygen atoms in total. The summed E-state index contributed by atoms with van der Waals surface area (Å²) in [4.78, 5) is 0. The Kier molecular flexibility index (Phi) is 37.2. The minimum atomic E-state index is 0.559. The molecule has 0 bridgehead atoms. The summed E-state index contributed by atoms with van der Waals surface area (Å²) < 4.78 is 0. The van der Waals surface area contributed by atoms with Gasteiger partial charge in [0.25, 0.3) is 0 Å². The number of rotatable bonds is 21. The maximum atomic E-state index is 3.36. The van der Waals surface area contributed by atoms with E-state index < -0.39 is 0 Å². The first kappa shape index (κ1) is 48.6. The van der Waals surface area contributed by atoms with E-state index >= 15 is 0 Å². The molecule has 0 aromatic carbocycles. The predicted octanol–water partition coefficient (Wildman–Crippen LogP) is 16.1. The van der Waals surface area contributed by atoms with Gasteiger partial charge < -0.3 is 0 Å². The molecule has 5 unspecified atom stereocenters. The van der Waals surface area contributed by atoms with Gasteiger partial charge in [-0.2, -0.15) is 0 Å². The number of hydrogen-bond donors (Lipinski definition) is 0. The van der Waals surface area contributed by atoms with E-state index in [4.69, 9.17) is 0 Å². The molecule has 0 aliphatic rings. The molecule has 0 fully saturated rings. The van der Waals surface area contributed by atoms with Crippen LogP contribution in [0.4, 0.5) is 0 Å². The lowest BCUT2D eigenvalue weighted by molar-refractivity contribution is 0.105. The molecule has 0 saturated heterocycles. The molecule has 0 aliphatic heterocycles. The largest absolute Gasteiger partial charge is 0.103 e. The SMILES string of the molecule is C=CC.CCCC(C)CC(C)(CCC)CC(C)(CC)CCC.CCCC(C)CC(C)CC.CCC[C@H](C)C[C@H](C)CC. The lowest BCUT2D eigenvalue weighted by Crippen LogP contribution is -2.29. The Hall–Kier alpha value is -0.260. The van der Waals surface area contributed by atoms with Gasteiger partial charge in [-0.05, 0) is 85.9 Å². The summed E-state index contributed by atoms with van der Waals surface area (Å²) in [6.07, 6.45) is 25.2. The highest BCUT2D eigenvalue weighted by Gasteiger charge is 2.34. The average molecular weight is 595 g/mol. The molecule has 0 heterocycles. The third-order valence-electron chi connectivity index (χ3n) is 9.60. The Morgan fingerprint density at radius 2 is 0.857 bits per heavy atom. The minimum Gasteiger partial charge on any atom is -0.103 e.